The van der Waals surface area contributed by atoms with Gasteiger partial charge in [-0.2, -0.15) is 0 Å². The molecule has 0 fully saturated rings. The van der Waals surface area contributed by atoms with Crippen LogP contribution >= 0.6 is 24.0 Å². The van der Waals surface area contributed by atoms with E-state index < -0.39 is 6.36 Å². The number of rotatable bonds is 7. The third kappa shape index (κ3) is 9.20. The summed E-state index contributed by atoms with van der Waals surface area (Å²) in [7, 11) is 3.28. The van der Waals surface area contributed by atoms with Gasteiger partial charge in [0, 0.05) is 19.8 Å². The average Bonchev–Trinajstić information content (AvgIpc) is 2.65. The van der Waals surface area contributed by atoms with Crippen LogP contribution < -0.4 is 20.5 Å². The van der Waals surface area contributed by atoms with Gasteiger partial charge in [-0.05, 0) is 42.0 Å². The molecule has 30 heavy (non-hydrogen) atoms. The first-order chi connectivity index (χ1) is 13.6. The zero-order chi connectivity index (χ0) is 21.4. The molecule has 2 aromatic rings. The maximum absolute atomic E-state index is 12.2. The summed E-state index contributed by atoms with van der Waals surface area (Å²) >= 11 is 0. The van der Waals surface area contributed by atoms with E-state index in [2.05, 4.69) is 15.0 Å². The van der Waals surface area contributed by atoms with Gasteiger partial charge in [-0.25, -0.2) is 4.99 Å². The predicted octanol–water partition coefficient (Wildman–Crippen LogP) is 3.60. The van der Waals surface area contributed by atoms with Crippen LogP contribution in [-0.4, -0.2) is 43.8 Å². The van der Waals surface area contributed by atoms with Crippen LogP contribution in [0, 0.1) is 0 Å². The van der Waals surface area contributed by atoms with Gasteiger partial charge in [0.15, 0.2) is 12.6 Å². The molecule has 0 radical (unpaired) electrons. The molecule has 0 aromatic heterocycles. The zero-order valence-corrected chi connectivity index (χ0v) is 18.6. The Balaban J connectivity index is 0.00000450. The van der Waals surface area contributed by atoms with Gasteiger partial charge in [0.2, 0.25) is 0 Å². The number of likely N-dealkylation sites (N-methyl/N-ethyl adjacent to an activating group) is 1. The Kier molecular flexibility index (Phi) is 9.69. The van der Waals surface area contributed by atoms with Crippen LogP contribution in [0.5, 0.6) is 11.5 Å². The van der Waals surface area contributed by atoms with Gasteiger partial charge in [-0.3, -0.25) is 4.79 Å². The molecule has 0 heterocycles. The lowest BCUT2D eigenvalue weighted by atomic mass is 10.2. The van der Waals surface area contributed by atoms with Crippen molar-refractivity contribution in [2.75, 3.05) is 26.0 Å². The Bertz CT molecular complexity index is 859. The number of aliphatic imine (C=N–C) groups is 1. The van der Waals surface area contributed by atoms with Crippen LogP contribution in [0.3, 0.4) is 0 Å². The molecule has 11 heteroatoms. The first-order valence-electron chi connectivity index (χ1n) is 8.47. The predicted molar refractivity (Wildman–Crippen MR) is 118 cm³/mol. The maximum Gasteiger partial charge on any atom is 0.573 e. The molecule has 0 saturated heterocycles. The first-order valence-corrected chi connectivity index (χ1v) is 8.47. The number of anilines is 1. The van der Waals surface area contributed by atoms with Crippen molar-refractivity contribution >= 4 is 41.5 Å². The Morgan fingerprint density at radius 3 is 2.40 bits per heavy atom. The van der Waals surface area contributed by atoms with Crippen LogP contribution in [-0.2, 0) is 11.3 Å². The molecule has 0 bridgehead atoms. The minimum absolute atomic E-state index is 0. The largest absolute Gasteiger partial charge is 0.573 e. The highest BCUT2D eigenvalue weighted by molar-refractivity contribution is 14.0. The highest BCUT2D eigenvalue weighted by Crippen LogP contribution is 2.23. The van der Waals surface area contributed by atoms with E-state index in [4.69, 9.17) is 10.5 Å². The van der Waals surface area contributed by atoms with Gasteiger partial charge >= 0.3 is 6.36 Å². The lowest BCUT2D eigenvalue weighted by molar-refractivity contribution is -0.274. The fourth-order valence-corrected chi connectivity index (χ4v) is 2.11. The van der Waals surface area contributed by atoms with Crippen LogP contribution in [0.1, 0.15) is 5.56 Å². The molecule has 0 spiro atoms. The summed E-state index contributed by atoms with van der Waals surface area (Å²) in [6, 6.07) is 12.2. The zero-order valence-electron chi connectivity index (χ0n) is 16.3. The van der Waals surface area contributed by atoms with E-state index in [-0.39, 0.29) is 54.7 Å². The van der Waals surface area contributed by atoms with Crippen molar-refractivity contribution in [1.82, 2.24) is 4.90 Å². The summed E-state index contributed by atoms with van der Waals surface area (Å²) in [6.07, 6.45) is -4.74. The first kappa shape index (κ1) is 25.3. The highest BCUT2D eigenvalue weighted by atomic mass is 127. The average molecular weight is 538 g/mol. The molecule has 0 atom stereocenters. The molecule has 0 aliphatic rings. The Morgan fingerprint density at radius 2 is 1.80 bits per heavy atom. The molecule has 2 aromatic carbocycles. The maximum atomic E-state index is 12.2. The lowest BCUT2D eigenvalue weighted by Crippen LogP contribution is -2.27. The van der Waals surface area contributed by atoms with E-state index in [9.17, 15) is 18.0 Å². The third-order valence-corrected chi connectivity index (χ3v) is 3.55. The van der Waals surface area contributed by atoms with E-state index in [0.717, 1.165) is 5.56 Å². The van der Waals surface area contributed by atoms with Crippen molar-refractivity contribution in [2.24, 2.45) is 10.7 Å². The molecule has 3 N–H and O–H groups in total. The number of ether oxygens (including phenoxy) is 2. The smallest absolute Gasteiger partial charge is 0.484 e. The second kappa shape index (κ2) is 11.5. The van der Waals surface area contributed by atoms with E-state index >= 15 is 0 Å². The number of halogens is 4. The quantitative estimate of drug-likeness (QED) is 0.320. The van der Waals surface area contributed by atoms with Crippen molar-refractivity contribution in [1.29, 1.82) is 0 Å². The molecule has 164 valence electrons. The van der Waals surface area contributed by atoms with Crippen molar-refractivity contribution < 1.29 is 27.4 Å². The van der Waals surface area contributed by atoms with Crippen LogP contribution in [0.25, 0.3) is 0 Å². The lowest BCUT2D eigenvalue weighted by Gasteiger charge is -2.12. The second-order valence-electron chi connectivity index (χ2n) is 6.12. The SMILES string of the molecule is CN(C)C(=O)COc1cccc(CN=C(N)Nc2ccc(OC(F)(F)F)cc2)c1.I. The number of guanidine groups is 1. The Morgan fingerprint density at radius 1 is 1.13 bits per heavy atom. The minimum atomic E-state index is -4.74. The number of benzene rings is 2. The number of nitrogens with two attached hydrogens (primary N) is 1. The summed E-state index contributed by atoms with van der Waals surface area (Å²) in [4.78, 5) is 17.2. The summed E-state index contributed by atoms with van der Waals surface area (Å²) in [5.41, 5.74) is 7.07. The molecule has 1 amide bonds. The standard InChI is InChI=1S/C19H21F3N4O3.HI/c1-26(2)17(27)12-28-16-5-3-4-13(10-16)11-24-18(23)25-14-6-8-15(9-7-14)29-19(20,21)22;/h3-10H,11-12H2,1-2H3,(H3,23,24,25);1H. The van der Waals surface area contributed by atoms with Gasteiger partial charge in [0.1, 0.15) is 11.5 Å². The molecule has 0 saturated carbocycles. The van der Waals surface area contributed by atoms with Gasteiger partial charge in [-0.1, -0.05) is 12.1 Å². The fourth-order valence-electron chi connectivity index (χ4n) is 2.11. The Labute approximate surface area is 189 Å². The number of nitrogens with one attached hydrogen (secondary N) is 1. The third-order valence-electron chi connectivity index (χ3n) is 3.55. The number of amides is 1. The molecule has 2 rings (SSSR count). The normalized spacial score (nSPS) is 11.3. The Hall–Kier alpha value is -2.70. The van der Waals surface area contributed by atoms with Crippen molar-refractivity contribution in [3.63, 3.8) is 0 Å². The number of hydrogen-bond acceptors (Lipinski definition) is 4. The van der Waals surface area contributed by atoms with Crippen LogP contribution in [0.15, 0.2) is 53.5 Å². The number of hydrogen-bond donors (Lipinski definition) is 2. The number of nitrogens with zero attached hydrogens (tertiary/aromatic N) is 2. The number of carbonyl (C=O) groups excluding carboxylic acids is 1. The van der Waals surface area contributed by atoms with Crippen molar-refractivity contribution in [3.8, 4) is 11.5 Å². The van der Waals surface area contributed by atoms with Gasteiger partial charge < -0.3 is 25.4 Å². The van der Waals surface area contributed by atoms with Gasteiger partial charge in [0.25, 0.3) is 5.91 Å². The van der Waals surface area contributed by atoms with E-state index in [1.54, 1.807) is 32.3 Å². The van der Waals surface area contributed by atoms with Crippen LogP contribution in [0.2, 0.25) is 0 Å². The molecule has 0 aliphatic carbocycles. The van der Waals surface area contributed by atoms with Gasteiger partial charge in [0.05, 0.1) is 6.54 Å². The van der Waals surface area contributed by atoms with Crippen molar-refractivity contribution in [2.45, 2.75) is 12.9 Å². The van der Waals surface area contributed by atoms with Gasteiger partial charge in [-0.15, -0.1) is 37.1 Å². The molecule has 7 nitrogen and oxygen atoms in total. The monoisotopic (exact) mass is 538 g/mol. The van der Waals surface area contributed by atoms with E-state index in [1.807, 2.05) is 6.07 Å². The summed E-state index contributed by atoms with van der Waals surface area (Å²) < 4.78 is 45.7. The minimum Gasteiger partial charge on any atom is -0.484 e. The molecule has 0 unspecified atom stereocenters. The number of carbonyl (C=O) groups is 1. The van der Waals surface area contributed by atoms with E-state index in [0.29, 0.717) is 11.4 Å². The van der Waals surface area contributed by atoms with Crippen LogP contribution in [0.4, 0.5) is 18.9 Å². The summed E-state index contributed by atoms with van der Waals surface area (Å²) in [5.74, 6) is 0.125. The highest BCUT2D eigenvalue weighted by Gasteiger charge is 2.30. The van der Waals surface area contributed by atoms with Crippen molar-refractivity contribution in [3.05, 3.63) is 54.1 Å². The summed E-state index contributed by atoms with van der Waals surface area (Å²) in [5, 5.41) is 2.78. The molecular formula is C19H22F3IN4O3. The summed E-state index contributed by atoms with van der Waals surface area (Å²) in [6.45, 7) is 0.171. The van der Waals surface area contributed by atoms with E-state index in [1.165, 1.54) is 29.2 Å². The topological polar surface area (TPSA) is 89.2 Å². The second-order valence-corrected chi connectivity index (χ2v) is 6.12. The number of alkyl halides is 3. The molecular weight excluding hydrogens is 516 g/mol. The fraction of sp³-hybridized carbons (Fsp3) is 0.263. The molecule has 0 aliphatic heterocycles.